The van der Waals surface area contributed by atoms with Crippen LogP contribution in [0.5, 0.6) is 0 Å². The quantitative estimate of drug-likeness (QED) is 0.589. The normalized spacial score (nSPS) is 15.8. The Morgan fingerprint density at radius 3 is 2.39 bits per heavy atom. The number of benzene rings is 2. The van der Waals surface area contributed by atoms with Crippen molar-refractivity contribution in [1.29, 1.82) is 0 Å². The monoisotopic (exact) mass is 441 g/mol. The Morgan fingerprint density at radius 1 is 1.03 bits per heavy atom. The molecular weight excluding hydrogens is 410 g/mol. The van der Waals surface area contributed by atoms with Gasteiger partial charge in [0.1, 0.15) is 5.82 Å². The van der Waals surface area contributed by atoms with Gasteiger partial charge in [-0.05, 0) is 43.7 Å². The van der Waals surface area contributed by atoms with E-state index < -0.39 is 10.0 Å². The number of piperazine rings is 1. The van der Waals surface area contributed by atoms with Gasteiger partial charge in [-0.25, -0.2) is 17.7 Å². The van der Waals surface area contributed by atoms with Crippen LogP contribution in [0.2, 0.25) is 0 Å². The summed E-state index contributed by atoms with van der Waals surface area (Å²) in [6.45, 7) is 9.75. The first-order chi connectivity index (χ1) is 14.8. The van der Waals surface area contributed by atoms with Crippen LogP contribution in [0.15, 0.2) is 47.4 Å². The predicted octanol–water partition coefficient (Wildman–Crippen LogP) is 2.94. The van der Waals surface area contributed by atoms with Gasteiger partial charge in [0, 0.05) is 52.5 Å². The van der Waals surface area contributed by atoms with E-state index in [0.29, 0.717) is 0 Å². The van der Waals surface area contributed by atoms with Gasteiger partial charge in [0.05, 0.1) is 22.5 Å². The van der Waals surface area contributed by atoms with Gasteiger partial charge in [-0.15, -0.1) is 0 Å². The molecule has 0 atom stereocenters. The molecule has 0 saturated carbocycles. The molecule has 0 N–H and O–H groups in total. The fourth-order valence-electron chi connectivity index (χ4n) is 4.27. The molecule has 3 aromatic rings. The summed E-state index contributed by atoms with van der Waals surface area (Å²) in [5, 5.41) is 0. The lowest BCUT2D eigenvalue weighted by atomic mass is 10.1. The third-order valence-electron chi connectivity index (χ3n) is 6.09. The molecule has 166 valence electrons. The average molecular weight is 442 g/mol. The third-order valence-corrected chi connectivity index (χ3v) is 7.90. The van der Waals surface area contributed by atoms with Crippen molar-refractivity contribution in [2.45, 2.75) is 31.8 Å². The van der Waals surface area contributed by atoms with Crippen molar-refractivity contribution in [3.05, 3.63) is 53.9 Å². The molecule has 7 nitrogen and oxygen atoms in total. The van der Waals surface area contributed by atoms with E-state index >= 15 is 0 Å². The van der Waals surface area contributed by atoms with Gasteiger partial charge in [-0.3, -0.25) is 4.90 Å². The molecule has 1 aliphatic rings. The van der Waals surface area contributed by atoms with Crippen molar-refractivity contribution >= 4 is 26.7 Å². The maximum atomic E-state index is 12.5. The van der Waals surface area contributed by atoms with Gasteiger partial charge >= 0.3 is 0 Å². The highest BCUT2D eigenvalue weighted by atomic mass is 32.2. The van der Waals surface area contributed by atoms with Crippen LogP contribution in [0.1, 0.15) is 18.3 Å². The molecule has 0 radical (unpaired) electrons. The molecule has 0 amide bonds. The van der Waals surface area contributed by atoms with Crippen molar-refractivity contribution < 1.29 is 8.42 Å². The summed E-state index contributed by atoms with van der Waals surface area (Å²) in [5.41, 5.74) is 4.34. The third kappa shape index (κ3) is 4.20. The lowest BCUT2D eigenvalue weighted by Gasteiger charge is -2.36. The van der Waals surface area contributed by atoms with Crippen molar-refractivity contribution in [3.63, 3.8) is 0 Å². The Morgan fingerprint density at radius 2 is 1.74 bits per heavy atom. The van der Waals surface area contributed by atoms with Crippen LogP contribution in [0.4, 0.5) is 5.69 Å². The zero-order chi connectivity index (χ0) is 22.2. The fourth-order valence-corrected chi connectivity index (χ4v) is 5.19. The highest BCUT2D eigenvalue weighted by Gasteiger charge is 2.22. The van der Waals surface area contributed by atoms with Gasteiger partial charge < -0.3 is 9.47 Å². The number of aromatic nitrogens is 2. The SMILES string of the molecule is CCn1c(CN2CCN(c3ccccc3C)CC2)nc2cc(S(=O)(=O)N(C)C)ccc21. The number of hydrogen-bond donors (Lipinski definition) is 0. The second kappa shape index (κ2) is 8.61. The van der Waals surface area contributed by atoms with Gasteiger partial charge in [0.15, 0.2) is 0 Å². The van der Waals surface area contributed by atoms with Crippen LogP contribution in [0, 0.1) is 6.92 Å². The van der Waals surface area contributed by atoms with Crippen molar-refractivity contribution in [2.75, 3.05) is 45.2 Å². The molecule has 2 aromatic carbocycles. The second-order valence-electron chi connectivity index (χ2n) is 8.26. The van der Waals surface area contributed by atoms with E-state index in [-0.39, 0.29) is 4.90 Å². The van der Waals surface area contributed by atoms with Crippen molar-refractivity contribution in [1.82, 2.24) is 18.8 Å². The highest BCUT2D eigenvalue weighted by molar-refractivity contribution is 7.89. The first kappa shape index (κ1) is 21.8. The number of para-hydroxylation sites is 1. The Hall–Kier alpha value is -2.42. The Balaban J connectivity index is 1.53. The number of rotatable bonds is 6. The van der Waals surface area contributed by atoms with Crippen molar-refractivity contribution in [2.24, 2.45) is 0 Å². The van der Waals surface area contributed by atoms with E-state index in [9.17, 15) is 8.42 Å². The number of imidazole rings is 1. The highest BCUT2D eigenvalue weighted by Crippen LogP contribution is 2.24. The topological polar surface area (TPSA) is 61.7 Å². The van der Waals surface area contributed by atoms with Crippen LogP contribution in [-0.4, -0.2) is 67.4 Å². The summed E-state index contributed by atoms with van der Waals surface area (Å²) >= 11 is 0. The summed E-state index contributed by atoms with van der Waals surface area (Å²) in [7, 11) is -0.378. The maximum Gasteiger partial charge on any atom is 0.242 e. The fraction of sp³-hybridized carbons (Fsp3) is 0.435. The van der Waals surface area contributed by atoms with Crippen LogP contribution < -0.4 is 4.90 Å². The van der Waals surface area contributed by atoms with E-state index in [2.05, 4.69) is 52.5 Å². The molecule has 0 spiro atoms. The van der Waals surface area contributed by atoms with Crippen LogP contribution >= 0.6 is 0 Å². The number of anilines is 1. The molecule has 2 heterocycles. The zero-order valence-electron chi connectivity index (χ0n) is 18.7. The van der Waals surface area contributed by atoms with Gasteiger partial charge in [-0.1, -0.05) is 18.2 Å². The van der Waals surface area contributed by atoms with E-state index in [1.165, 1.54) is 15.6 Å². The number of hydrogen-bond acceptors (Lipinski definition) is 5. The molecule has 1 saturated heterocycles. The van der Waals surface area contributed by atoms with E-state index in [1.807, 2.05) is 6.07 Å². The maximum absolute atomic E-state index is 12.5. The summed E-state index contributed by atoms with van der Waals surface area (Å²) < 4.78 is 28.4. The van der Waals surface area contributed by atoms with Crippen molar-refractivity contribution in [3.8, 4) is 0 Å². The smallest absolute Gasteiger partial charge is 0.242 e. The molecule has 0 aliphatic carbocycles. The average Bonchev–Trinajstić information content (AvgIpc) is 3.10. The molecule has 1 fully saturated rings. The lowest BCUT2D eigenvalue weighted by Crippen LogP contribution is -2.46. The van der Waals surface area contributed by atoms with E-state index in [0.717, 1.165) is 56.1 Å². The number of nitrogens with zero attached hydrogens (tertiary/aromatic N) is 5. The molecule has 0 bridgehead atoms. The summed E-state index contributed by atoms with van der Waals surface area (Å²) in [6.07, 6.45) is 0. The van der Waals surface area contributed by atoms with Crippen LogP contribution in [0.3, 0.4) is 0 Å². The number of aryl methyl sites for hydroxylation is 2. The molecule has 8 heteroatoms. The minimum atomic E-state index is -3.47. The lowest BCUT2D eigenvalue weighted by molar-refractivity contribution is 0.241. The van der Waals surface area contributed by atoms with Crippen LogP contribution in [-0.2, 0) is 23.1 Å². The van der Waals surface area contributed by atoms with E-state index in [1.54, 1.807) is 26.2 Å². The predicted molar refractivity (Wildman–Crippen MR) is 125 cm³/mol. The Labute approximate surface area is 184 Å². The minimum Gasteiger partial charge on any atom is -0.369 e. The number of sulfonamides is 1. The molecule has 0 unspecified atom stereocenters. The summed E-state index contributed by atoms with van der Waals surface area (Å²) in [6, 6.07) is 13.8. The molecule has 4 rings (SSSR count). The largest absolute Gasteiger partial charge is 0.369 e. The first-order valence-corrected chi connectivity index (χ1v) is 12.2. The van der Waals surface area contributed by atoms with E-state index in [4.69, 9.17) is 4.98 Å². The molecule has 31 heavy (non-hydrogen) atoms. The first-order valence-electron chi connectivity index (χ1n) is 10.8. The van der Waals surface area contributed by atoms with Crippen LogP contribution in [0.25, 0.3) is 11.0 Å². The van der Waals surface area contributed by atoms with Gasteiger partial charge in [-0.2, -0.15) is 0 Å². The molecular formula is C23H31N5O2S. The summed E-state index contributed by atoms with van der Waals surface area (Å²) in [5.74, 6) is 0.987. The van der Waals surface area contributed by atoms with Gasteiger partial charge in [0.2, 0.25) is 10.0 Å². The standard InChI is InChI=1S/C23H31N5O2S/c1-5-28-22-11-10-19(31(29,30)25(3)4)16-20(22)24-23(28)17-26-12-14-27(15-13-26)21-9-7-6-8-18(21)2/h6-11,16H,5,12-15,17H2,1-4H3. The molecule has 1 aliphatic heterocycles. The summed E-state index contributed by atoms with van der Waals surface area (Å²) in [4.78, 5) is 9.99. The number of fused-ring (bicyclic) bond motifs is 1. The molecule has 1 aromatic heterocycles. The Kier molecular flexibility index (Phi) is 6.05. The van der Waals surface area contributed by atoms with Gasteiger partial charge in [0.25, 0.3) is 0 Å². The minimum absolute atomic E-state index is 0.282. The second-order valence-corrected chi connectivity index (χ2v) is 10.4. The Bertz CT molecular complexity index is 1180. The zero-order valence-corrected chi connectivity index (χ0v) is 19.6.